The number of ether oxygens (including phenoxy) is 1. The molecule has 0 radical (unpaired) electrons. The summed E-state index contributed by atoms with van der Waals surface area (Å²) in [6.07, 6.45) is 1.73. The number of amides is 2. The molecule has 0 aliphatic carbocycles. The van der Waals surface area contributed by atoms with Crippen molar-refractivity contribution in [2.24, 2.45) is 0 Å². The number of anilines is 1. The van der Waals surface area contributed by atoms with Crippen LogP contribution in [0.1, 0.15) is 5.69 Å². The zero-order valence-electron chi connectivity index (χ0n) is 15.7. The molecule has 2 amide bonds. The fourth-order valence-electron chi connectivity index (χ4n) is 2.44. The third-order valence-electron chi connectivity index (χ3n) is 4.04. The second kappa shape index (κ2) is 9.19. The number of carbonyl (C=O) groups excluding carboxylic acids is 1. The van der Waals surface area contributed by atoms with Gasteiger partial charge in [-0.15, -0.1) is 0 Å². The van der Waals surface area contributed by atoms with Crippen molar-refractivity contribution in [3.8, 4) is 17.1 Å². The molecule has 3 aromatic rings. The minimum absolute atomic E-state index is 0.209. The highest BCUT2D eigenvalue weighted by Gasteiger charge is 2.09. The molecule has 3 rings (SSSR count). The Morgan fingerprint density at radius 1 is 1.11 bits per heavy atom. The summed E-state index contributed by atoms with van der Waals surface area (Å²) in [5, 5.41) is 3.52. The SMILES string of the molecule is Cc1ccnc(-c2ccc(NC(=O)N(C)CCOc3ccc(Cl)cc3)cc2)n1. The highest BCUT2D eigenvalue weighted by Crippen LogP contribution is 2.18. The predicted molar refractivity (Wildman–Crippen MR) is 111 cm³/mol. The molecule has 0 atom stereocenters. The van der Waals surface area contributed by atoms with E-state index in [1.807, 2.05) is 37.3 Å². The first kappa shape index (κ1) is 19.6. The van der Waals surface area contributed by atoms with Gasteiger partial charge in [0.2, 0.25) is 0 Å². The van der Waals surface area contributed by atoms with Crippen LogP contribution in [0.25, 0.3) is 11.4 Å². The van der Waals surface area contributed by atoms with Crippen LogP contribution in [0.15, 0.2) is 60.8 Å². The van der Waals surface area contributed by atoms with Crippen LogP contribution in [-0.4, -0.2) is 41.1 Å². The van der Waals surface area contributed by atoms with Gasteiger partial charge < -0.3 is 15.0 Å². The Balaban J connectivity index is 1.50. The average molecular weight is 397 g/mol. The first-order valence-corrected chi connectivity index (χ1v) is 9.19. The Kier molecular flexibility index (Phi) is 6.45. The number of aryl methyl sites for hydroxylation is 1. The van der Waals surface area contributed by atoms with Crippen molar-refractivity contribution >= 4 is 23.3 Å². The normalized spacial score (nSPS) is 10.4. The molecule has 6 nitrogen and oxygen atoms in total. The molecule has 0 saturated heterocycles. The molecule has 0 spiro atoms. The summed E-state index contributed by atoms with van der Waals surface area (Å²) in [4.78, 5) is 22.5. The Bertz CT molecular complexity index is 930. The summed E-state index contributed by atoms with van der Waals surface area (Å²) >= 11 is 5.84. The minimum atomic E-state index is -0.209. The van der Waals surface area contributed by atoms with Gasteiger partial charge in [-0.05, 0) is 61.5 Å². The van der Waals surface area contributed by atoms with Crippen molar-refractivity contribution in [1.29, 1.82) is 0 Å². The third kappa shape index (κ3) is 5.44. The summed E-state index contributed by atoms with van der Waals surface area (Å²) in [5.74, 6) is 1.38. The van der Waals surface area contributed by atoms with E-state index in [-0.39, 0.29) is 6.03 Å². The fraction of sp³-hybridized carbons (Fsp3) is 0.190. The van der Waals surface area contributed by atoms with E-state index in [1.165, 1.54) is 0 Å². The van der Waals surface area contributed by atoms with Gasteiger partial charge in [-0.3, -0.25) is 0 Å². The lowest BCUT2D eigenvalue weighted by molar-refractivity contribution is 0.207. The van der Waals surface area contributed by atoms with Gasteiger partial charge >= 0.3 is 6.03 Å². The number of hydrogen-bond donors (Lipinski definition) is 1. The van der Waals surface area contributed by atoms with E-state index in [0.717, 1.165) is 11.3 Å². The molecular weight excluding hydrogens is 376 g/mol. The highest BCUT2D eigenvalue weighted by molar-refractivity contribution is 6.30. The molecule has 0 aliphatic heterocycles. The molecular formula is C21H21ClN4O2. The zero-order chi connectivity index (χ0) is 19.9. The number of urea groups is 1. The molecule has 0 unspecified atom stereocenters. The maximum absolute atomic E-state index is 12.3. The van der Waals surface area contributed by atoms with Crippen molar-refractivity contribution in [1.82, 2.24) is 14.9 Å². The van der Waals surface area contributed by atoms with E-state index >= 15 is 0 Å². The van der Waals surface area contributed by atoms with Crippen molar-refractivity contribution in [3.05, 3.63) is 71.5 Å². The van der Waals surface area contributed by atoms with Crippen LogP contribution in [0, 0.1) is 6.92 Å². The van der Waals surface area contributed by atoms with Crippen molar-refractivity contribution in [2.45, 2.75) is 6.92 Å². The Labute approximate surface area is 169 Å². The highest BCUT2D eigenvalue weighted by atomic mass is 35.5. The summed E-state index contributed by atoms with van der Waals surface area (Å²) in [7, 11) is 1.72. The number of benzene rings is 2. The van der Waals surface area contributed by atoms with Crippen LogP contribution in [0.5, 0.6) is 5.75 Å². The van der Waals surface area contributed by atoms with E-state index in [2.05, 4.69) is 15.3 Å². The molecule has 1 aromatic heterocycles. The number of likely N-dealkylation sites (N-methyl/N-ethyl adjacent to an activating group) is 1. The summed E-state index contributed by atoms with van der Waals surface area (Å²) in [6.45, 7) is 2.76. The molecule has 144 valence electrons. The van der Waals surface area contributed by atoms with E-state index < -0.39 is 0 Å². The van der Waals surface area contributed by atoms with E-state index in [1.54, 1.807) is 42.4 Å². The van der Waals surface area contributed by atoms with Gasteiger partial charge in [0.1, 0.15) is 12.4 Å². The molecule has 0 fully saturated rings. The van der Waals surface area contributed by atoms with Crippen LogP contribution >= 0.6 is 11.6 Å². The Hall–Kier alpha value is -3.12. The van der Waals surface area contributed by atoms with Crippen LogP contribution in [0.4, 0.5) is 10.5 Å². The van der Waals surface area contributed by atoms with Crippen molar-refractivity contribution in [3.63, 3.8) is 0 Å². The largest absolute Gasteiger partial charge is 0.492 e. The van der Waals surface area contributed by atoms with E-state index in [9.17, 15) is 4.79 Å². The molecule has 0 bridgehead atoms. The first-order valence-electron chi connectivity index (χ1n) is 8.82. The topological polar surface area (TPSA) is 67.4 Å². The molecule has 1 N–H and O–H groups in total. The monoisotopic (exact) mass is 396 g/mol. The lowest BCUT2D eigenvalue weighted by atomic mass is 10.2. The van der Waals surface area contributed by atoms with E-state index in [4.69, 9.17) is 16.3 Å². The second-order valence-electron chi connectivity index (χ2n) is 6.25. The van der Waals surface area contributed by atoms with Gasteiger partial charge in [-0.2, -0.15) is 0 Å². The van der Waals surface area contributed by atoms with Crippen LogP contribution < -0.4 is 10.1 Å². The molecule has 7 heteroatoms. The number of hydrogen-bond acceptors (Lipinski definition) is 4. The number of aromatic nitrogens is 2. The quantitative estimate of drug-likeness (QED) is 0.658. The number of nitrogens with zero attached hydrogens (tertiary/aromatic N) is 3. The summed E-state index contributed by atoms with van der Waals surface area (Å²) in [5.41, 5.74) is 2.50. The maximum atomic E-state index is 12.3. The van der Waals surface area contributed by atoms with E-state index in [0.29, 0.717) is 35.4 Å². The third-order valence-corrected chi connectivity index (χ3v) is 4.30. The van der Waals surface area contributed by atoms with Gasteiger partial charge in [0.25, 0.3) is 0 Å². The van der Waals surface area contributed by atoms with Gasteiger partial charge in [0.15, 0.2) is 5.82 Å². The van der Waals surface area contributed by atoms with Gasteiger partial charge in [-0.25, -0.2) is 14.8 Å². The minimum Gasteiger partial charge on any atom is -0.492 e. The number of halogens is 1. The second-order valence-corrected chi connectivity index (χ2v) is 6.69. The van der Waals surface area contributed by atoms with Crippen LogP contribution in [-0.2, 0) is 0 Å². The zero-order valence-corrected chi connectivity index (χ0v) is 16.5. The van der Waals surface area contributed by atoms with Crippen LogP contribution in [0.3, 0.4) is 0 Å². The van der Waals surface area contributed by atoms with Gasteiger partial charge in [0, 0.05) is 35.2 Å². The first-order chi connectivity index (χ1) is 13.5. The fourth-order valence-corrected chi connectivity index (χ4v) is 2.57. The summed E-state index contributed by atoms with van der Waals surface area (Å²) in [6, 6.07) is 16.2. The van der Waals surface area contributed by atoms with Crippen molar-refractivity contribution < 1.29 is 9.53 Å². The summed E-state index contributed by atoms with van der Waals surface area (Å²) < 4.78 is 5.61. The smallest absolute Gasteiger partial charge is 0.321 e. The molecule has 2 aromatic carbocycles. The lowest BCUT2D eigenvalue weighted by Gasteiger charge is -2.18. The van der Waals surface area contributed by atoms with Gasteiger partial charge in [-0.1, -0.05) is 11.6 Å². The molecule has 1 heterocycles. The Morgan fingerprint density at radius 3 is 2.50 bits per heavy atom. The van der Waals surface area contributed by atoms with Crippen molar-refractivity contribution in [2.75, 3.05) is 25.5 Å². The molecule has 28 heavy (non-hydrogen) atoms. The average Bonchev–Trinajstić information content (AvgIpc) is 2.70. The number of carbonyl (C=O) groups is 1. The maximum Gasteiger partial charge on any atom is 0.321 e. The number of rotatable bonds is 6. The predicted octanol–water partition coefficient (Wildman–Crippen LogP) is 4.65. The Morgan fingerprint density at radius 2 is 1.82 bits per heavy atom. The standard InChI is InChI=1S/C21H21ClN4O2/c1-15-11-12-23-20(24-15)16-3-7-18(8-4-16)25-21(27)26(2)13-14-28-19-9-5-17(22)6-10-19/h3-12H,13-14H2,1-2H3,(H,25,27). The molecule has 0 saturated carbocycles. The number of nitrogens with one attached hydrogen (secondary N) is 1. The lowest BCUT2D eigenvalue weighted by Crippen LogP contribution is -2.34. The van der Waals surface area contributed by atoms with Gasteiger partial charge in [0.05, 0.1) is 6.54 Å². The van der Waals surface area contributed by atoms with Crippen LogP contribution in [0.2, 0.25) is 5.02 Å². The molecule has 0 aliphatic rings.